The Balaban J connectivity index is 0. The number of nitrogens with two attached hydrogens (primary N) is 1. The molecule has 0 heterocycles. The lowest BCUT2D eigenvalue weighted by atomic mass is 11.0. The summed E-state index contributed by atoms with van der Waals surface area (Å²) in [4.78, 5) is 8.78. The highest BCUT2D eigenvalue weighted by molar-refractivity contribution is 8.76. The fraction of sp³-hybridized carbons (Fsp3) is 0.800. The summed E-state index contributed by atoms with van der Waals surface area (Å²) in [5, 5.41) is 7.19. The smallest absolute Gasteiger partial charge is 0.402 e. The van der Waals surface area contributed by atoms with Gasteiger partial charge >= 0.3 is 6.09 Å². The van der Waals surface area contributed by atoms with Gasteiger partial charge in [0, 0.05) is 11.5 Å². The van der Waals surface area contributed by atoms with Crippen LogP contribution in [0.15, 0.2) is 0 Å². The van der Waals surface area contributed by atoms with E-state index in [0.29, 0.717) is 0 Å². The average molecular weight is 183 g/mol. The lowest BCUT2D eigenvalue weighted by molar-refractivity contribution is 0.205. The topological polar surface area (TPSA) is 63.3 Å². The van der Waals surface area contributed by atoms with Crippen molar-refractivity contribution in [2.75, 3.05) is 11.5 Å². The van der Waals surface area contributed by atoms with Gasteiger partial charge in [-0.2, -0.15) is 0 Å². The Morgan fingerprint density at radius 2 is 1.60 bits per heavy atom. The highest BCUT2D eigenvalue weighted by atomic mass is 33.1. The molecule has 5 heteroatoms. The van der Waals surface area contributed by atoms with Crippen LogP contribution in [0.2, 0.25) is 0 Å². The summed E-state index contributed by atoms with van der Waals surface area (Å²) in [7, 11) is 3.85. The summed E-state index contributed by atoms with van der Waals surface area (Å²) < 4.78 is 0. The monoisotopic (exact) mass is 183 g/mol. The maximum absolute atomic E-state index is 8.78. The van der Waals surface area contributed by atoms with Gasteiger partial charge in [0.15, 0.2) is 0 Å². The second kappa shape index (κ2) is 11.7. The number of carboxylic acid groups (broad SMARTS) is 1. The maximum atomic E-state index is 8.78. The first-order valence-corrected chi connectivity index (χ1v) is 5.36. The van der Waals surface area contributed by atoms with E-state index in [0.717, 1.165) is 0 Å². The molecule has 0 fully saturated rings. The second-order valence-corrected chi connectivity index (χ2v) is 4.19. The molecule has 0 saturated heterocycles. The molecule has 0 aliphatic heterocycles. The molecule has 0 radical (unpaired) electrons. The van der Waals surface area contributed by atoms with Gasteiger partial charge in [0.05, 0.1) is 0 Å². The molecule has 0 bridgehead atoms. The van der Waals surface area contributed by atoms with Gasteiger partial charge < -0.3 is 10.8 Å². The van der Waals surface area contributed by atoms with Crippen LogP contribution in [-0.2, 0) is 0 Å². The number of primary amides is 1. The molecule has 0 unspecified atom stereocenters. The van der Waals surface area contributed by atoms with Crippen molar-refractivity contribution in [1.82, 2.24) is 0 Å². The van der Waals surface area contributed by atoms with Crippen LogP contribution in [0.5, 0.6) is 0 Å². The molecule has 0 spiro atoms. The van der Waals surface area contributed by atoms with E-state index >= 15 is 0 Å². The third-order valence-corrected chi connectivity index (χ3v) is 2.87. The molecule has 0 aliphatic rings. The van der Waals surface area contributed by atoms with E-state index in [4.69, 9.17) is 9.90 Å². The van der Waals surface area contributed by atoms with Crippen molar-refractivity contribution in [1.29, 1.82) is 0 Å². The van der Waals surface area contributed by atoms with Crippen molar-refractivity contribution >= 4 is 27.7 Å². The third kappa shape index (κ3) is 43.9. The fourth-order valence-corrected chi connectivity index (χ4v) is 1.50. The van der Waals surface area contributed by atoms with Gasteiger partial charge in [-0.3, -0.25) is 0 Å². The zero-order valence-electron chi connectivity index (χ0n) is 6.16. The molecule has 3 N–H and O–H groups in total. The molecule has 0 aromatic heterocycles. The second-order valence-electron chi connectivity index (χ2n) is 1.15. The number of amides is 1. The zero-order chi connectivity index (χ0) is 8.41. The first-order chi connectivity index (χ1) is 4.65. The van der Waals surface area contributed by atoms with Crippen LogP contribution in [-0.4, -0.2) is 22.7 Å². The fourth-order valence-electron chi connectivity index (χ4n) is 0.167. The number of rotatable bonds is 3. The van der Waals surface area contributed by atoms with Crippen molar-refractivity contribution in [3.63, 3.8) is 0 Å². The number of carbonyl (C=O) groups is 1. The zero-order valence-corrected chi connectivity index (χ0v) is 7.80. The van der Waals surface area contributed by atoms with E-state index in [1.807, 2.05) is 21.6 Å². The van der Waals surface area contributed by atoms with Gasteiger partial charge in [-0.1, -0.05) is 35.4 Å². The summed E-state index contributed by atoms with van der Waals surface area (Å²) in [6, 6.07) is 0. The summed E-state index contributed by atoms with van der Waals surface area (Å²) >= 11 is 0. The number of hydrogen-bond donors (Lipinski definition) is 2. The minimum Gasteiger partial charge on any atom is -0.465 e. The van der Waals surface area contributed by atoms with Crippen LogP contribution < -0.4 is 5.73 Å². The first-order valence-electron chi connectivity index (χ1n) is 2.87. The van der Waals surface area contributed by atoms with Crippen LogP contribution in [0.3, 0.4) is 0 Å². The minimum absolute atomic E-state index is 1.23. The summed E-state index contributed by atoms with van der Waals surface area (Å²) in [5.74, 6) is 2.47. The minimum atomic E-state index is -1.33. The van der Waals surface area contributed by atoms with E-state index in [-0.39, 0.29) is 0 Å². The predicted octanol–water partition coefficient (Wildman–Crippen LogP) is 2.03. The Bertz CT molecular complexity index is 72.0. The molecule has 1 amide bonds. The maximum Gasteiger partial charge on any atom is 0.402 e. The van der Waals surface area contributed by atoms with Crippen LogP contribution in [0.25, 0.3) is 0 Å². The highest BCUT2D eigenvalue weighted by Crippen LogP contribution is 2.18. The summed E-state index contributed by atoms with van der Waals surface area (Å²) in [5.41, 5.74) is 4.03. The molecule has 0 saturated carbocycles. The summed E-state index contributed by atoms with van der Waals surface area (Å²) in [6.45, 7) is 4.35. The van der Waals surface area contributed by atoms with Crippen LogP contribution in [0, 0.1) is 0 Å². The Morgan fingerprint density at radius 1 is 1.40 bits per heavy atom. The van der Waals surface area contributed by atoms with Gasteiger partial charge in [-0.25, -0.2) is 4.79 Å². The van der Waals surface area contributed by atoms with Crippen molar-refractivity contribution in [2.24, 2.45) is 5.73 Å². The molecule has 0 aliphatic carbocycles. The van der Waals surface area contributed by atoms with E-state index in [9.17, 15) is 0 Å². The Morgan fingerprint density at radius 3 is 1.70 bits per heavy atom. The van der Waals surface area contributed by atoms with Gasteiger partial charge in [0.25, 0.3) is 0 Å². The Hall–Kier alpha value is -0.0300. The van der Waals surface area contributed by atoms with Crippen molar-refractivity contribution in [3.05, 3.63) is 0 Å². The van der Waals surface area contributed by atoms with Crippen LogP contribution in [0.4, 0.5) is 4.79 Å². The van der Waals surface area contributed by atoms with Gasteiger partial charge in [-0.05, 0) is 0 Å². The van der Waals surface area contributed by atoms with Crippen molar-refractivity contribution < 1.29 is 9.90 Å². The van der Waals surface area contributed by atoms with Gasteiger partial charge in [0.1, 0.15) is 0 Å². The van der Waals surface area contributed by atoms with E-state index in [2.05, 4.69) is 19.6 Å². The molecule has 0 rings (SSSR count). The van der Waals surface area contributed by atoms with Crippen molar-refractivity contribution in [3.8, 4) is 0 Å². The van der Waals surface area contributed by atoms with Gasteiger partial charge in [-0.15, -0.1) is 0 Å². The predicted molar refractivity (Wildman–Crippen MR) is 48.5 cm³/mol. The molecule has 62 valence electrons. The van der Waals surface area contributed by atoms with Crippen LogP contribution >= 0.6 is 21.6 Å². The highest BCUT2D eigenvalue weighted by Gasteiger charge is 1.75. The first kappa shape index (κ1) is 12.6. The quantitative estimate of drug-likeness (QED) is 0.519. The average Bonchev–Trinajstić information content (AvgIpc) is 1.82. The Labute approximate surface area is 69.1 Å². The molecule has 0 atom stereocenters. The third-order valence-electron chi connectivity index (χ3n) is 0.319. The van der Waals surface area contributed by atoms with Crippen LogP contribution in [0.1, 0.15) is 13.8 Å². The lowest BCUT2D eigenvalue weighted by Gasteiger charge is -1.86. The van der Waals surface area contributed by atoms with E-state index in [1.54, 1.807) is 0 Å². The standard InChI is InChI=1S/C4H10S2.CH3NO2/c1-3-5-6-4-2;2-1(3)4/h3-4H2,1-2H3;2H2,(H,3,4). The molecule has 3 nitrogen and oxygen atoms in total. The molecule has 10 heavy (non-hydrogen) atoms. The van der Waals surface area contributed by atoms with E-state index in [1.165, 1.54) is 11.5 Å². The molecule has 0 aromatic rings. The largest absolute Gasteiger partial charge is 0.465 e. The molecule has 0 aromatic carbocycles. The molecular formula is C5H13NO2S2. The Kier molecular flexibility index (Phi) is 14.8. The molecular weight excluding hydrogens is 170 g/mol. The SMILES string of the molecule is CCSSCC.NC(=O)O. The number of hydrogen-bond acceptors (Lipinski definition) is 3. The lowest BCUT2D eigenvalue weighted by Crippen LogP contribution is -2.03. The van der Waals surface area contributed by atoms with Crippen molar-refractivity contribution in [2.45, 2.75) is 13.8 Å². The van der Waals surface area contributed by atoms with E-state index < -0.39 is 6.09 Å². The summed E-state index contributed by atoms with van der Waals surface area (Å²) in [6.07, 6.45) is -1.33. The normalized spacial score (nSPS) is 7.80. The van der Waals surface area contributed by atoms with Gasteiger partial charge in [0.2, 0.25) is 0 Å².